The number of amides is 11. The lowest BCUT2D eigenvalue weighted by Crippen LogP contribution is -2.63. The lowest BCUT2D eigenvalue weighted by molar-refractivity contribution is -0.157. The average molecular weight is 1280 g/mol. The van der Waals surface area contributed by atoms with E-state index in [1.807, 2.05) is 80.5 Å². The van der Waals surface area contributed by atoms with Crippen molar-refractivity contribution in [3.63, 3.8) is 0 Å². The van der Waals surface area contributed by atoms with Crippen LogP contribution in [0.1, 0.15) is 167 Å². The molecule has 0 aliphatic carbocycles. The largest absolute Gasteiger partial charge is 0.390 e. The maximum absolute atomic E-state index is 15.4. The molecule has 91 heavy (non-hydrogen) atoms. The minimum absolute atomic E-state index is 0.0208. The minimum atomic E-state index is -1.62. The molecule has 0 bridgehead atoms. The molecular weight excluding hydrogens is 1160 g/mol. The smallest absolute Gasteiger partial charge is 0.246 e. The van der Waals surface area contributed by atoms with Crippen LogP contribution < -0.4 is 21.3 Å². The van der Waals surface area contributed by atoms with Crippen LogP contribution in [0, 0.1) is 48.3 Å². The van der Waals surface area contributed by atoms with Gasteiger partial charge in [0.2, 0.25) is 65.0 Å². The minimum Gasteiger partial charge on any atom is -0.390 e. The Morgan fingerprint density at radius 1 is 0.484 bits per heavy atom. The first-order chi connectivity index (χ1) is 42.1. The summed E-state index contributed by atoms with van der Waals surface area (Å²) in [6.07, 6.45) is 0.860. The third kappa shape index (κ3) is 22.9. The fraction of sp³-hybridized carbons (Fsp3) is 0.750. The van der Waals surface area contributed by atoms with Crippen molar-refractivity contribution >= 4 is 65.0 Å². The number of aryl methyl sites for hydroxylation is 2. The number of carbonyl (C=O) groups is 11. The van der Waals surface area contributed by atoms with Gasteiger partial charge in [0, 0.05) is 49.3 Å². The van der Waals surface area contributed by atoms with Crippen LogP contribution in [0.15, 0.2) is 24.3 Å². The van der Waals surface area contributed by atoms with Gasteiger partial charge in [0.15, 0.2) is 0 Å². The zero-order valence-electron chi connectivity index (χ0n) is 59.6. The molecule has 2 rings (SSSR count). The van der Waals surface area contributed by atoms with Gasteiger partial charge in [-0.05, 0) is 119 Å². The molecule has 23 nitrogen and oxygen atoms in total. The Balaban J connectivity index is 2.98. The van der Waals surface area contributed by atoms with Crippen LogP contribution in [0.2, 0.25) is 0 Å². The highest BCUT2D eigenvalue weighted by molar-refractivity contribution is 5.99. The second-order valence-electron chi connectivity index (χ2n) is 28.2. The molecule has 1 heterocycles. The fourth-order valence-corrected chi connectivity index (χ4v) is 11.9. The first-order valence-electron chi connectivity index (χ1n) is 32.9. The summed E-state index contributed by atoms with van der Waals surface area (Å²) < 4.78 is 0. The van der Waals surface area contributed by atoms with Crippen LogP contribution in [0.4, 0.5) is 0 Å². The van der Waals surface area contributed by atoms with Crippen molar-refractivity contribution < 1.29 is 57.8 Å². The van der Waals surface area contributed by atoms with E-state index in [-0.39, 0.29) is 55.8 Å². The highest BCUT2D eigenvalue weighted by Crippen LogP contribution is 2.26. The van der Waals surface area contributed by atoms with Crippen molar-refractivity contribution in [1.82, 2.24) is 55.6 Å². The van der Waals surface area contributed by atoms with E-state index in [0.717, 1.165) is 20.9 Å². The molecule has 0 spiro atoms. The normalized spacial score (nSPS) is 25.8. The molecule has 1 aromatic rings. The first kappa shape index (κ1) is 80.4. The number of benzene rings is 1. The third-order valence-electron chi connectivity index (χ3n) is 17.5. The van der Waals surface area contributed by atoms with Crippen LogP contribution in [0.25, 0.3) is 0 Å². The summed E-state index contributed by atoms with van der Waals surface area (Å²) >= 11 is 0. The van der Waals surface area contributed by atoms with E-state index >= 15 is 19.2 Å². The molecule has 23 heteroatoms. The number of likely N-dealkylation sites (N-methyl/N-ethyl adjacent to an activating group) is 7. The summed E-state index contributed by atoms with van der Waals surface area (Å²) in [7, 11) is 9.99. The Bertz CT molecular complexity index is 2650. The summed E-state index contributed by atoms with van der Waals surface area (Å²) in [6.45, 7) is 29.7. The van der Waals surface area contributed by atoms with E-state index < -0.39 is 156 Å². The second kappa shape index (κ2) is 36.6. The quantitative estimate of drug-likeness (QED) is 0.143. The van der Waals surface area contributed by atoms with Gasteiger partial charge in [-0.15, -0.1) is 0 Å². The van der Waals surface area contributed by atoms with Crippen LogP contribution in [-0.2, 0) is 59.2 Å². The SMILES string of the molecule is CC[C@@H]1NC(=O)[C@H]([C@H](O)[C@H](C)CCCc2cccc(C)c2)N(C)C(=O)[C@H](C(C)C)N(C)C(=O)[C@H](CC(C)C)N(C)C(=O)[C@H](CC(C)C)N(C)C(=O)[C@@H](C)NC(=O)[C@H](C)NC(=O)[C@H](CC(C)C)N(C)C(=O)[C@H](C(C)C)NC(=O)[C@H](CC(C)C)N(C)C(=O)CN(C)C1=O. The Morgan fingerprint density at radius 3 is 1.42 bits per heavy atom. The molecule has 0 unspecified atom stereocenters. The van der Waals surface area contributed by atoms with E-state index in [1.165, 1.54) is 87.7 Å². The van der Waals surface area contributed by atoms with E-state index in [9.17, 15) is 38.7 Å². The van der Waals surface area contributed by atoms with Gasteiger partial charge in [-0.2, -0.15) is 0 Å². The van der Waals surface area contributed by atoms with E-state index in [2.05, 4.69) is 27.3 Å². The van der Waals surface area contributed by atoms with Gasteiger partial charge in [0.1, 0.15) is 60.4 Å². The summed E-state index contributed by atoms with van der Waals surface area (Å²) in [4.78, 5) is 170. The number of nitrogens with zero attached hydrogens (tertiary/aromatic N) is 7. The van der Waals surface area contributed by atoms with Gasteiger partial charge < -0.3 is 60.7 Å². The molecule has 516 valence electrons. The Morgan fingerprint density at radius 2 is 0.934 bits per heavy atom. The molecule has 11 amide bonds. The Labute approximate surface area is 544 Å². The number of hydrogen-bond acceptors (Lipinski definition) is 12. The lowest BCUT2D eigenvalue weighted by atomic mass is 9.89. The molecule has 0 saturated carbocycles. The maximum atomic E-state index is 15.4. The van der Waals surface area contributed by atoms with E-state index in [0.29, 0.717) is 19.3 Å². The topological polar surface area (TPSA) is 279 Å². The van der Waals surface area contributed by atoms with Crippen LogP contribution >= 0.6 is 0 Å². The highest BCUT2D eigenvalue weighted by atomic mass is 16.3. The first-order valence-corrected chi connectivity index (χ1v) is 32.9. The monoisotopic (exact) mass is 1280 g/mol. The standard InChI is InChI=1S/C68H117N11O12/c1-25-49-64(87)73(18)37-54(80)74(19)50(32-38(2)3)61(84)72-55(42(10)11)67(90)75(20)51(33-39(4)5)60(83)69-46(16)59(82)70-47(17)63(86)76(21)52(34-40(6)7)65(88)77(22)53(35-41(8)9)66(89)78(23)56(43(12)13)68(91)79(24)57(62(85)71-49)58(81)45(15)29-27-31-48-30-26-28-44(14)36-48/h26,28,30,36,38-43,45-47,49-53,55-58,81H,25,27,29,31-35,37H2,1-24H3,(H,69,83)(H,70,82)(H,71,85)(H,72,84)/t45-,46+,47-,49+,50+,51+,52+,53+,55+,56+,57+,58-/m1/s1. The number of hydrogen-bond donors (Lipinski definition) is 5. The summed E-state index contributed by atoms with van der Waals surface area (Å²) in [6, 6.07) is -4.32. The summed E-state index contributed by atoms with van der Waals surface area (Å²) in [5.74, 6) is -9.68. The zero-order valence-corrected chi connectivity index (χ0v) is 59.6. The van der Waals surface area contributed by atoms with Gasteiger partial charge in [0.25, 0.3) is 0 Å². The maximum Gasteiger partial charge on any atom is 0.246 e. The number of rotatable bonds is 17. The molecule has 1 aliphatic heterocycles. The van der Waals surface area contributed by atoms with Crippen LogP contribution in [0.3, 0.4) is 0 Å². The van der Waals surface area contributed by atoms with Gasteiger partial charge in [-0.25, -0.2) is 0 Å². The van der Waals surface area contributed by atoms with Crippen molar-refractivity contribution in [3.8, 4) is 0 Å². The molecule has 1 aromatic carbocycles. The van der Waals surface area contributed by atoms with E-state index in [4.69, 9.17) is 0 Å². The molecule has 1 saturated heterocycles. The number of aliphatic hydroxyl groups is 1. The molecule has 12 atom stereocenters. The molecular formula is C68H117N11O12. The average Bonchev–Trinajstić information content (AvgIpc) is 0.888. The van der Waals surface area contributed by atoms with Gasteiger partial charge in [0.05, 0.1) is 12.6 Å². The highest BCUT2D eigenvalue weighted by Gasteiger charge is 2.46. The third-order valence-corrected chi connectivity index (χ3v) is 17.5. The van der Waals surface area contributed by atoms with Crippen molar-refractivity contribution in [2.24, 2.45) is 41.4 Å². The fourth-order valence-electron chi connectivity index (χ4n) is 11.9. The summed E-state index contributed by atoms with van der Waals surface area (Å²) in [5, 5.41) is 23.5. The van der Waals surface area contributed by atoms with E-state index in [1.54, 1.807) is 41.5 Å². The van der Waals surface area contributed by atoms with Crippen molar-refractivity contribution in [1.29, 1.82) is 0 Å². The van der Waals surface area contributed by atoms with Gasteiger partial charge in [-0.1, -0.05) is 127 Å². The van der Waals surface area contributed by atoms with Crippen LogP contribution in [-0.4, -0.2) is 227 Å². The number of carbonyl (C=O) groups excluding carboxylic acids is 11. The van der Waals surface area contributed by atoms with Crippen molar-refractivity contribution in [2.75, 3.05) is 55.9 Å². The molecule has 5 N–H and O–H groups in total. The lowest BCUT2D eigenvalue weighted by Gasteiger charge is -2.41. The predicted octanol–water partition coefficient (Wildman–Crippen LogP) is 4.63. The molecule has 1 aliphatic rings. The van der Waals surface area contributed by atoms with Gasteiger partial charge >= 0.3 is 0 Å². The number of aliphatic hydroxyl groups excluding tert-OH is 1. The number of nitrogens with one attached hydrogen (secondary N) is 4. The Hall–Kier alpha value is -6.65. The Kier molecular flexibility index (Phi) is 32.3. The summed E-state index contributed by atoms with van der Waals surface area (Å²) in [5.41, 5.74) is 2.19. The van der Waals surface area contributed by atoms with Gasteiger partial charge in [-0.3, -0.25) is 52.7 Å². The second-order valence-corrected chi connectivity index (χ2v) is 28.2. The molecule has 1 fully saturated rings. The van der Waals surface area contributed by atoms with Crippen molar-refractivity contribution in [3.05, 3.63) is 35.4 Å². The predicted molar refractivity (Wildman–Crippen MR) is 353 cm³/mol. The zero-order chi connectivity index (χ0) is 70.0. The van der Waals surface area contributed by atoms with Crippen LogP contribution in [0.5, 0.6) is 0 Å². The molecule has 0 aromatic heterocycles. The molecule has 0 radical (unpaired) electrons. The van der Waals surface area contributed by atoms with Crippen molar-refractivity contribution in [2.45, 2.75) is 236 Å².